The summed E-state index contributed by atoms with van der Waals surface area (Å²) in [6.45, 7) is 13.6. The Hall–Kier alpha value is -1.96. The molecule has 1 aliphatic heterocycles. The zero-order valence-electron chi connectivity index (χ0n) is 20.3. The van der Waals surface area contributed by atoms with Gasteiger partial charge in [-0.25, -0.2) is 8.42 Å². The van der Waals surface area contributed by atoms with E-state index in [-0.39, 0.29) is 27.4 Å². The summed E-state index contributed by atoms with van der Waals surface area (Å²) in [6.07, 6.45) is 0.463. The number of nitrogens with one attached hydrogen (secondary N) is 2. The third-order valence-electron chi connectivity index (χ3n) is 7.00. The molecule has 0 radical (unpaired) electrons. The summed E-state index contributed by atoms with van der Waals surface area (Å²) < 4.78 is 28.9. The molecular formula is C23H34N4O4S2. The number of aryl methyl sites for hydroxylation is 1. The molecule has 2 fully saturated rings. The van der Waals surface area contributed by atoms with Gasteiger partial charge in [0, 0.05) is 6.54 Å². The molecule has 1 aromatic rings. The summed E-state index contributed by atoms with van der Waals surface area (Å²) in [6, 6.07) is 1.25. The highest BCUT2D eigenvalue weighted by Crippen LogP contribution is 2.65. The molecule has 5 atom stereocenters. The fourth-order valence-electron chi connectivity index (χ4n) is 4.82. The number of amides is 2. The Bertz CT molecular complexity index is 1080. The van der Waals surface area contributed by atoms with Crippen molar-refractivity contribution in [2.24, 2.45) is 22.7 Å². The Morgan fingerprint density at radius 1 is 1.36 bits per heavy atom. The van der Waals surface area contributed by atoms with Crippen molar-refractivity contribution in [1.82, 2.24) is 14.9 Å². The van der Waals surface area contributed by atoms with Crippen molar-refractivity contribution in [1.29, 1.82) is 5.26 Å². The lowest BCUT2D eigenvalue weighted by Gasteiger charge is -2.37. The maximum absolute atomic E-state index is 13.8. The van der Waals surface area contributed by atoms with Crippen LogP contribution in [-0.4, -0.2) is 49.8 Å². The van der Waals surface area contributed by atoms with Crippen LogP contribution in [0.15, 0.2) is 15.7 Å². The van der Waals surface area contributed by atoms with Crippen molar-refractivity contribution in [3.63, 3.8) is 0 Å². The fourth-order valence-corrected chi connectivity index (χ4v) is 7.46. The van der Waals surface area contributed by atoms with Crippen LogP contribution in [0.1, 0.15) is 53.5 Å². The van der Waals surface area contributed by atoms with Gasteiger partial charge in [0.25, 0.3) is 10.0 Å². The molecule has 2 amide bonds. The molecule has 2 aliphatic rings. The summed E-state index contributed by atoms with van der Waals surface area (Å²) in [5.74, 6) is -0.613. The Labute approximate surface area is 200 Å². The first-order chi connectivity index (χ1) is 15.1. The Kier molecular flexibility index (Phi) is 6.75. The largest absolute Gasteiger partial charge is 0.339 e. The van der Waals surface area contributed by atoms with E-state index in [1.54, 1.807) is 32.2 Å². The molecule has 1 saturated heterocycles. The van der Waals surface area contributed by atoms with E-state index in [0.29, 0.717) is 13.0 Å². The standard InChI is InChI=1S/C23H34N4O4S2/c1-8-14(10-24)25-20(28)18-17-15(23(17,6)7)11-27(18)21(29)19(22(3,4)5)26-33(30,31)16-9-13(2)12-32-16/h9,12,14-15,17-19,26H,8,11H2,1-7H3,(H,25,28)/t14-,15-,17-,18-,19+/m0/s1. The number of carbonyl (C=O) groups is 2. The Morgan fingerprint density at radius 2 is 2.00 bits per heavy atom. The van der Waals surface area contributed by atoms with E-state index in [0.717, 1.165) is 16.9 Å². The minimum Gasteiger partial charge on any atom is -0.339 e. The molecule has 1 saturated carbocycles. The second kappa shape index (κ2) is 8.67. The van der Waals surface area contributed by atoms with Gasteiger partial charge in [0.15, 0.2) is 0 Å². The quantitative estimate of drug-likeness (QED) is 0.604. The number of carbonyl (C=O) groups excluding carboxylic acids is 2. The highest BCUT2D eigenvalue weighted by Gasteiger charge is 2.69. The van der Waals surface area contributed by atoms with Gasteiger partial charge in [-0.3, -0.25) is 9.59 Å². The van der Waals surface area contributed by atoms with Crippen molar-refractivity contribution in [3.05, 3.63) is 17.0 Å². The molecule has 8 nitrogen and oxygen atoms in total. The van der Waals surface area contributed by atoms with Gasteiger partial charge in [-0.2, -0.15) is 9.98 Å². The average Bonchev–Trinajstić information content (AvgIpc) is 3.12. The predicted molar refractivity (Wildman–Crippen MR) is 127 cm³/mol. The lowest BCUT2D eigenvalue weighted by molar-refractivity contribution is -0.143. The van der Waals surface area contributed by atoms with Crippen LogP contribution in [0.4, 0.5) is 0 Å². The number of likely N-dealkylation sites (tertiary alicyclic amines) is 1. The first-order valence-corrected chi connectivity index (χ1v) is 13.6. The summed E-state index contributed by atoms with van der Waals surface area (Å²) in [5.41, 5.74) is 0.0251. The van der Waals surface area contributed by atoms with Gasteiger partial charge in [0.2, 0.25) is 11.8 Å². The first kappa shape index (κ1) is 25.7. The normalized spacial score (nSPS) is 25.6. The van der Waals surface area contributed by atoms with Gasteiger partial charge in [-0.15, -0.1) is 11.3 Å². The predicted octanol–water partition coefficient (Wildman–Crippen LogP) is 2.65. The van der Waals surface area contributed by atoms with Crippen LogP contribution >= 0.6 is 11.3 Å². The van der Waals surface area contributed by atoms with Gasteiger partial charge in [-0.05, 0) is 53.0 Å². The third-order valence-corrected chi connectivity index (χ3v) is 9.98. The number of nitrogens with zero attached hydrogens (tertiary/aromatic N) is 2. The van der Waals surface area contributed by atoms with Gasteiger partial charge >= 0.3 is 0 Å². The zero-order chi connectivity index (χ0) is 24.9. The lowest BCUT2D eigenvalue weighted by Crippen LogP contribution is -2.59. The fraction of sp³-hybridized carbons (Fsp3) is 0.696. The molecule has 0 aromatic carbocycles. The molecule has 0 spiro atoms. The number of sulfonamides is 1. The second-order valence-corrected chi connectivity index (χ2v) is 13.7. The number of piperidine rings is 1. The number of nitriles is 1. The molecule has 0 bridgehead atoms. The molecule has 33 heavy (non-hydrogen) atoms. The summed E-state index contributed by atoms with van der Waals surface area (Å²) in [5, 5.41) is 13.8. The third kappa shape index (κ3) is 4.81. The van der Waals surface area contributed by atoms with E-state index >= 15 is 0 Å². The molecule has 1 aliphatic carbocycles. The Balaban J connectivity index is 1.90. The number of hydrogen-bond donors (Lipinski definition) is 2. The van der Waals surface area contributed by atoms with Crippen LogP contribution in [0.2, 0.25) is 0 Å². The van der Waals surface area contributed by atoms with Crippen LogP contribution in [0.5, 0.6) is 0 Å². The summed E-state index contributed by atoms with van der Waals surface area (Å²) in [4.78, 5) is 28.5. The van der Waals surface area contributed by atoms with Crippen molar-refractivity contribution in [2.45, 2.75) is 77.2 Å². The highest BCUT2D eigenvalue weighted by molar-refractivity contribution is 7.91. The van der Waals surface area contributed by atoms with Crippen LogP contribution < -0.4 is 10.0 Å². The highest BCUT2D eigenvalue weighted by atomic mass is 32.2. The van der Waals surface area contributed by atoms with Crippen LogP contribution in [-0.2, 0) is 19.6 Å². The monoisotopic (exact) mass is 494 g/mol. The molecular weight excluding hydrogens is 460 g/mol. The van der Waals surface area contributed by atoms with E-state index in [9.17, 15) is 23.3 Å². The van der Waals surface area contributed by atoms with Crippen LogP contribution in [0.25, 0.3) is 0 Å². The SMILES string of the molecule is CC[C@@H](C#N)NC(=O)[C@@H]1[C@@H]2[C@H](CN1C(=O)[C@@H](NS(=O)(=O)c1cc(C)cs1)C(C)(C)C)C2(C)C. The smallest absolute Gasteiger partial charge is 0.250 e. The number of thiophene rings is 1. The minimum atomic E-state index is -3.91. The van der Waals surface area contributed by atoms with E-state index < -0.39 is 39.5 Å². The van der Waals surface area contributed by atoms with Crippen LogP contribution in [0, 0.1) is 40.9 Å². The molecule has 3 rings (SSSR count). The van der Waals surface area contributed by atoms with Gasteiger partial charge in [-0.1, -0.05) is 41.5 Å². The van der Waals surface area contributed by atoms with Crippen molar-refractivity contribution in [3.8, 4) is 6.07 Å². The summed E-state index contributed by atoms with van der Waals surface area (Å²) >= 11 is 1.11. The number of fused-ring (bicyclic) bond motifs is 1. The molecule has 0 unspecified atom stereocenters. The maximum Gasteiger partial charge on any atom is 0.250 e. The molecule has 2 N–H and O–H groups in total. The first-order valence-electron chi connectivity index (χ1n) is 11.2. The average molecular weight is 495 g/mol. The minimum absolute atomic E-state index is 0.0187. The van der Waals surface area contributed by atoms with E-state index in [2.05, 4.69) is 30.0 Å². The Morgan fingerprint density at radius 3 is 2.48 bits per heavy atom. The molecule has 2 heterocycles. The van der Waals surface area contributed by atoms with Gasteiger partial charge in [0.05, 0.1) is 6.07 Å². The van der Waals surface area contributed by atoms with Crippen LogP contribution in [0.3, 0.4) is 0 Å². The van der Waals surface area contributed by atoms with E-state index in [1.165, 1.54) is 4.90 Å². The summed E-state index contributed by atoms with van der Waals surface area (Å²) in [7, 11) is -3.91. The van der Waals surface area contributed by atoms with Crippen molar-refractivity contribution in [2.75, 3.05) is 6.54 Å². The van der Waals surface area contributed by atoms with E-state index in [4.69, 9.17) is 0 Å². The maximum atomic E-state index is 13.8. The lowest BCUT2D eigenvalue weighted by atomic mass is 9.86. The van der Waals surface area contributed by atoms with Crippen molar-refractivity contribution < 1.29 is 18.0 Å². The van der Waals surface area contributed by atoms with Gasteiger partial charge in [0.1, 0.15) is 22.3 Å². The number of rotatable bonds is 7. The molecule has 10 heteroatoms. The number of hydrogen-bond acceptors (Lipinski definition) is 6. The second-order valence-electron chi connectivity index (χ2n) is 10.9. The zero-order valence-corrected chi connectivity index (χ0v) is 21.9. The topological polar surface area (TPSA) is 119 Å². The van der Waals surface area contributed by atoms with Gasteiger partial charge < -0.3 is 10.2 Å². The van der Waals surface area contributed by atoms with Crippen molar-refractivity contribution >= 4 is 33.2 Å². The molecule has 182 valence electrons. The molecule has 1 aromatic heterocycles. The van der Waals surface area contributed by atoms with E-state index in [1.807, 2.05) is 13.8 Å².